The normalized spacial score (nSPS) is 11.2. The minimum absolute atomic E-state index is 0.0354. The van der Waals surface area contributed by atoms with Gasteiger partial charge in [0.1, 0.15) is 0 Å². The smallest absolute Gasteiger partial charge is 0.313 e. The molecule has 0 aliphatic heterocycles. The molecule has 2 rings (SSSR count). The fourth-order valence-corrected chi connectivity index (χ4v) is 2.85. The van der Waals surface area contributed by atoms with Crippen molar-refractivity contribution in [2.45, 2.75) is 44.4 Å². The first-order valence-corrected chi connectivity index (χ1v) is 7.94. The number of carboxylic acid groups (broad SMARTS) is 1. The number of rotatable bonds is 8. The van der Waals surface area contributed by atoms with E-state index in [0.717, 1.165) is 30.4 Å². The first kappa shape index (κ1) is 15.6. The Morgan fingerprint density at radius 2 is 2.24 bits per heavy atom. The van der Waals surface area contributed by atoms with Gasteiger partial charge in [-0.2, -0.15) is 5.10 Å². The lowest BCUT2D eigenvalue weighted by Gasteiger charge is -2.13. The average molecular weight is 308 g/mol. The average Bonchev–Trinajstić information content (AvgIpc) is 3.05. The molecule has 0 radical (unpaired) electrons. The van der Waals surface area contributed by atoms with Crippen molar-refractivity contribution in [3.63, 3.8) is 0 Å². The Balaban J connectivity index is 2.03. The van der Waals surface area contributed by atoms with Crippen molar-refractivity contribution in [3.8, 4) is 0 Å². The highest BCUT2D eigenvalue weighted by Gasteiger charge is 2.14. The zero-order chi connectivity index (χ0) is 15.2. The largest absolute Gasteiger partial charge is 0.481 e. The fraction of sp³-hybridized carbons (Fsp3) is 0.500. The summed E-state index contributed by atoms with van der Waals surface area (Å²) in [6, 6.07) is 1.91. The van der Waals surface area contributed by atoms with Crippen molar-refractivity contribution >= 4 is 17.7 Å². The van der Waals surface area contributed by atoms with Gasteiger partial charge in [0.05, 0.1) is 5.75 Å². The maximum Gasteiger partial charge on any atom is 0.313 e. The second-order valence-electron chi connectivity index (χ2n) is 5.08. The summed E-state index contributed by atoms with van der Waals surface area (Å²) in [6.45, 7) is 5.89. The minimum Gasteiger partial charge on any atom is -0.481 e. The van der Waals surface area contributed by atoms with E-state index in [1.807, 2.05) is 23.1 Å². The van der Waals surface area contributed by atoms with Gasteiger partial charge in [-0.3, -0.25) is 9.48 Å². The van der Waals surface area contributed by atoms with E-state index < -0.39 is 5.97 Å². The molecule has 0 amide bonds. The molecule has 0 atom stereocenters. The number of aryl methyl sites for hydroxylation is 1. The molecule has 21 heavy (non-hydrogen) atoms. The predicted octanol–water partition coefficient (Wildman–Crippen LogP) is 2.47. The molecule has 2 aromatic heterocycles. The minimum atomic E-state index is -0.822. The van der Waals surface area contributed by atoms with Crippen LogP contribution in [-0.4, -0.2) is 36.2 Å². The zero-order valence-electron chi connectivity index (χ0n) is 12.3. The molecular weight excluding hydrogens is 288 g/mol. The van der Waals surface area contributed by atoms with Crippen LogP contribution in [0.15, 0.2) is 29.8 Å². The summed E-state index contributed by atoms with van der Waals surface area (Å²) < 4.78 is 4.03. The molecule has 0 saturated heterocycles. The van der Waals surface area contributed by atoms with Gasteiger partial charge in [-0.25, -0.2) is 4.98 Å². The summed E-state index contributed by atoms with van der Waals surface area (Å²) in [5.41, 5.74) is 1.14. The second kappa shape index (κ2) is 7.31. The van der Waals surface area contributed by atoms with Crippen LogP contribution in [0, 0.1) is 0 Å². The molecule has 0 aromatic carbocycles. The van der Waals surface area contributed by atoms with E-state index in [-0.39, 0.29) is 5.75 Å². The fourth-order valence-electron chi connectivity index (χ4n) is 2.12. The summed E-state index contributed by atoms with van der Waals surface area (Å²) >= 11 is 1.27. The number of carboxylic acids is 1. The maximum absolute atomic E-state index is 10.7. The number of hydrogen-bond donors (Lipinski definition) is 1. The van der Waals surface area contributed by atoms with Crippen LogP contribution in [0.4, 0.5) is 0 Å². The van der Waals surface area contributed by atoms with Crippen LogP contribution in [-0.2, 0) is 17.9 Å². The highest BCUT2D eigenvalue weighted by Crippen LogP contribution is 2.23. The lowest BCUT2D eigenvalue weighted by Crippen LogP contribution is -2.10. The Hall–Kier alpha value is -1.76. The number of imidazole rings is 1. The summed E-state index contributed by atoms with van der Waals surface area (Å²) in [4.78, 5) is 15.1. The summed E-state index contributed by atoms with van der Waals surface area (Å²) in [6.07, 6.45) is 6.49. The van der Waals surface area contributed by atoms with E-state index in [9.17, 15) is 4.79 Å². The Bertz CT molecular complexity index is 578. The number of thioether (sulfide) groups is 1. The van der Waals surface area contributed by atoms with Crippen molar-refractivity contribution < 1.29 is 9.90 Å². The summed E-state index contributed by atoms with van der Waals surface area (Å²) in [5.74, 6) is -0.424. The van der Waals surface area contributed by atoms with E-state index in [1.165, 1.54) is 11.8 Å². The van der Waals surface area contributed by atoms with Crippen LogP contribution < -0.4 is 0 Å². The van der Waals surface area contributed by atoms with Gasteiger partial charge >= 0.3 is 5.97 Å². The quantitative estimate of drug-likeness (QED) is 0.758. The van der Waals surface area contributed by atoms with Gasteiger partial charge in [-0.15, -0.1) is 0 Å². The number of nitrogens with zero attached hydrogens (tertiary/aromatic N) is 4. The standard InChI is InChI=1S/C14H20N4O2S/c1-11(2)12-9-15-14(21-10-13(19)20)18(12)8-4-7-17-6-3-5-16-17/h3,5-6,9,11H,4,7-8,10H2,1-2H3,(H,19,20). The van der Waals surface area contributed by atoms with Crippen LogP contribution in [0.25, 0.3) is 0 Å². The van der Waals surface area contributed by atoms with Crippen molar-refractivity contribution in [2.75, 3.05) is 5.75 Å². The monoisotopic (exact) mass is 308 g/mol. The van der Waals surface area contributed by atoms with Gasteiger partial charge in [0.25, 0.3) is 0 Å². The molecule has 0 unspecified atom stereocenters. The Labute approximate surface area is 128 Å². The highest BCUT2D eigenvalue weighted by molar-refractivity contribution is 7.99. The van der Waals surface area contributed by atoms with Gasteiger partial charge in [0.2, 0.25) is 0 Å². The third kappa shape index (κ3) is 4.35. The number of aliphatic carboxylic acids is 1. The summed E-state index contributed by atoms with van der Waals surface area (Å²) in [5, 5.41) is 13.8. The van der Waals surface area contributed by atoms with E-state index in [1.54, 1.807) is 6.20 Å². The van der Waals surface area contributed by atoms with E-state index >= 15 is 0 Å². The molecule has 0 spiro atoms. The highest BCUT2D eigenvalue weighted by atomic mass is 32.2. The van der Waals surface area contributed by atoms with Crippen LogP contribution in [0.3, 0.4) is 0 Å². The Morgan fingerprint density at radius 1 is 1.43 bits per heavy atom. The molecule has 2 heterocycles. The van der Waals surface area contributed by atoms with Crippen LogP contribution in [0.5, 0.6) is 0 Å². The molecule has 114 valence electrons. The molecule has 6 nitrogen and oxygen atoms in total. The Morgan fingerprint density at radius 3 is 2.86 bits per heavy atom. The number of aromatic nitrogens is 4. The number of hydrogen-bond acceptors (Lipinski definition) is 4. The third-order valence-electron chi connectivity index (χ3n) is 3.09. The molecule has 2 aromatic rings. The molecule has 0 saturated carbocycles. The maximum atomic E-state index is 10.7. The molecule has 0 aliphatic carbocycles. The summed E-state index contributed by atoms with van der Waals surface area (Å²) in [7, 11) is 0. The van der Waals surface area contributed by atoms with Crippen LogP contribution in [0.2, 0.25) is 0 Å². The third-order valence-corrected chi connectivity index (χ3v) is 4.07. The van der Waals surface area contributed by atoms with Gasteiger partial charge in [0.15, 0.2) is 5.16 Å². The van der Waals surface area contributed by atoms with Crippen molar-refractivity contribution in [2.24, 2.45) is 0 Å². The number of carbonyl (C=O) groups is 1. The molecule has 7 heteroatoms. The van der Waals surface area contributed by atoms with Crippen LogP contribution in [0.1, 0.15) is 31.9 Å². The zero-order valence-corrected chi connectivity index (χ0v) is 13.1. The van der Waals surface area contributed by atoms with Crippen LogP contribution >= 0.6 is 11.8 Å². The topological polar surface area (TPSA) is 72.9 Å². The first-order valence-electron chi connectivity index (χ1n) is 6.95. The molecule has 0 bridgehead atoms. The van der Waals surface area contributed by atoms with Crippen molar-refractivity contribution in [3.05, 3.63) is 30.4 Å². The SMILES string of the molecule is CC(C)c1cnc(SCC(=O)O)n1CCCn1cccn1. The molecule has 0 fully saturated rings. The van der Waals surface area contributed by atoms with Gasteiger partial charge in [0, 0.05) is 37.4 Å². The van der Waals surface area contributed by atoms with Gasteiger partial charge in [-0.1, -0.05) is 25.6 Å². The van der Waals surface area contributed by atoms with E-state index in [0.29, 0.717) is 5.92 Å². The molecule has 1 N–H and O–H groups in total. The first-order chi connectivity index (χ1) is 10.1. The second-order valence-corrected chi connectivity index (χ2v) is 6.02. The van der Waals surface area contributed by atoms with E-state index in [2.05, 4.69) is 28.5 Å². The van der Waals surface area contributed by atoms with Crippen molar-refractivity contribution in [1.82, 2.24) is 19.3 Å². The predicted molar refractivity (Wildman–Crippen MR) is 81.5 cm³/mol. The van der Waals surface area contributed by atoms with Gasteiger partial charge in [-0.05, 0) is 18.4 Å². The molecular formula is C14H20N4O2S. The lowest BCUT2D eigenvalue weighted by molar-refractivity contribution is -0.133. The molecule has 0 aliphatic rings. The lowest BCUT2D eigenvalue weighted by atomic mass is 10.1. The van der Waals surface area contributed by atoms with E-state index in [4.69, 9.17) is 5.11 Å². The van der Waals surface area contributed by atoms with Crippen molar-refractivity contribution in [1.29, 1.82) is 0 Å². The Kier molecular flexibility index (Phi) is 5.44. The van der Waals surface area contributed by atoms with Gasteiger partial charge < -0.3 is 9.67 Å².